The fourth-order valence-electron chi connectivity index (χ4n) is 3.34. The van der Waals surface area contributed by atoms with Crippen molar-refractivity contribution >= 4 is 11.9 Å². The molecule has 0 aromatic heterocycles. The highest BCUT2D eigenvalue weighted by Crippen LogP contribution is 2.24. The summed E-state index contributed by atoms with van der Waals surface area (Å²) in [6, 6.07) is 4.16. The Labute approximate surface area is 134 Å². The molecular weight excluding hydrogens is 301 g/mol. The second-order valence-electron chi connectivity index (χ2n) is 6.00. The van der Waals surface area contributed by atoms with Gasteiger partial charge in [-0.3, -0.25) is 4.79 Å². The number of carbonyl (C=O) groups excluding carboxylic acids is 2. The molecule has 3 amide bonds. The van der Waals surface area contributed by atoms with E-state index in [1.165, 1.54) is 25.3 Å². The van der Waals surface area contributed by atoms with Gasteiger partial charge in [-0.25, -0.2) is 9.18 Å². The Bertz CT molecular complexity index is 637. The van der Waals surface area contributed by atoms with Crippen LogP contribution in [0.25, 0.3) is 0 Å². The van der Waals surface area contributed by atoms with Gasteiger partial charge in [-0.15, -0.1) is 0 Å². The molecule has 2 saturated heterocycles. The number of piperidine rings is 1. The predicted molar refractivity (Wildman–Crippen MR) is 81.7 cm³/mol. The molecule has 124 valence electrons. The van der Waals surface area contributed by atoms with E-state index in [0.29, 0.717) is 24.4 Å². The number of urea groups is 1. The maximum atomic E-state index is 13.4. The third-order valence-electron chi connectivity index (χ3n) is 4.64. The van der Waals surface area contributed by atoms with Crippen LogP contribution in [0.3, 0.4) is 0 Å². The molecule has 0 spiro atoms. The summed E-state index contributed by atoms with van der Waals surface area (Å²) in [6.45, 7) is 1.08. The monoisotopic (exact) mass is 321 g/mol. The van der Waals surface area contributed by atoms with Gasteiger partial charge in [-0.05, 0) is 24.6 Å². The highest BCUT2D eigenvalue weighted by Gasteiger charge is 2.41. The largest absolute Gasteiger partial charge is 0.496 e. The molecule has 0 aliphatic carbocycles. The number of ether oxygens (including phenoxy) is 1. The van der Waals surface area contributed by atoms with E-state index in [1.54, 1.807) is 16.8 Å². The minimum atomic E-state index is -0.392. The summed E-state index contributed by atoms with van der Waals surface area (Å²) < 4.78 is 18.6. The number of methoxy groups -OCH3 is 1. The van der Waals surface area contributed by atoms with E-state index in [-0.39, 0.29) is 30.4 Å². The van der Waals surface area contributed by atoms with Crippen LogP contribution < -0.4 is 10.1 Å². The summed E-state index contributed by atoms with van der Waals surface area (Å²) in [5, 5.41) is 2.89. The van der Waals surface area contributed by atoms with Gasteiger partial charge in [0.15, 0.2) is 0 Å². The van der Waals surface area contributed by atoms with Crippen LogP contribution in [0.5, 0.6) is 5.75 Å². The third kappa shape index (κ3) is 2.95. The number of fused-ring (bicyclic) bond motifs is 1. The first-order chi connectivity index (χ1) is 11.0. The molecule has 2 aliphatic heterocycles. The summed E-state index contributed by atoms with van der Waals surface area (Å²) in [5.74, 6) is 0.0247. The Balaban J connectivity index is 1.68. The van der Waals surface area contributed by atoms with Crippen LogP contribution in [0.2, 0.25) is 0 Å². The molecule has 23 heavy (non-hydrogen) atoms. The molecule has 2 fully saturated rings. The number of nitrogens with zero attached hydrogens (tertiary/aromatic N) is 2. The smallest absolute Gasteiger partial charge is 0.317 e. The second-order valence-corrected chi connectivity index (χ2v) is 6.00. The fourth-order valence-corrected chi connectivity index (χ4v) is 3.34. The van der Waals surface area contributed by atoms with Crippen LogP contribution in [0, 0.1) is 5.82 Å². The second kappa shape index (κ2) is 6.06. The number of hydrogen-bond acceptors (Lipinski definition) is 3. The molecule has 0 radical (unpaired) electrons. The van der Waals surface area contributed by atoms with Crippen LogP contribution in [-0.4, -0.2) is 61.1 Å². The van der Waals surface area contributed by atoms with E-state index in [1.807, 2.05) is 0 Å². The quantitative estimate of drug-likeness (QED) is 0.903. The lowest BCUT2D eigenvalue weighted by atomic mass is 9.99. The molecule has 2 heterocycles. The zero-order chi connectivity index (χ0) is 16.6. The number of nitrogens with one attached hydrogen (secondary N) is 1. The summed E-state index contributed by atoms with van der Waals surface area (Å²) in [7, 11) is 3.27. The van der Waals surface area contributed by atoms with Crippen molar-refractivity contribution in [2.24, 2.45) is 0 Å². The van der Waals surface area contributed by atoms with Crippen molar-refractivity contribution in [2.75, 3.05) is 27.2 Å². The van der Waals surface area contributed by atoms with Crippen LogP contribution in [0.4, 0.5) is 9.18 Å². The molecule has 1 N–H and O–H groups in total. The molecule has 1 aromatic rings. The molecule has 6 nitrogen and oxygen atoms in total. The number of benzene rings is 1. The van der Waals surface area contributed by atoms with Crippen molar-refractivity contribution in [3.05, 3.63) is 29.6 Å². The van der Waals surface area contributed by atoms with Gasteiger partial charge in [-0.2, -0.15) is 0 Å². The van der Waals surface area contributed by atoms with Crippen molar-refractivity contribution in [3.63, 3.8) is 0 Å². The lowest BCUT2D eigenvalue weighted by Gasteiger charge is -2.35. The topological polar surface area (TPSA) is 61.9 Å². The first-order valence-electron chi connectivity index (χ1n) is 7.63. The van der Waals surface area contributed by atoms with Gasteiger partial charge in [0.05, 0.1) is 25.6 Å². The van der Waals surface area contributed by atoms with Crippen molar-refractivity contribution in [2.45, 2.75) is 24.9 Å². The predicted octanol–water partition coefficient (Wildman–Crippen LogP) is 1.00. The normalized spacial score (nSPS) is 23.5. The Kier molecular flexibility index (Phi) is 4.11. The number of rotatable bonds is 3. The maximum absolute atomic E-state index is 13.4. The first-order valence-corrected chi connectivity index (χ1v) is 7.63. The van der Waals surface area contributed by atoms with Gasteiger partial charge in [-0.1, -0.05) is 0 Å². The Morgan fingerprint density at radius 3 is 3.00 bits per heavy atom. The van der Waals surface area contributed by atoms with Crippen molar-refractivity contribution < 1.29 is 18.7 Å². The van der Waals surface area contributed by atoms with Gasteiger partial charge >= 0.3 is 6.03 Å². The Hall–Kier alpha value is -2.31. The minimum absolute atomic E-state index is 0.0420. The summed E-state index contributed by atoms with van der Waals surface area (Å²) in [5.41, 5.74) is 0.534. The molecule has 0 unspecified atom stereocenters. The van der Waals surface area contributed by atoms with Gasteiger partial charge in [0.1, 0.15) is 11.6 Å². The number of halogens is 1. The lowest BCUT2D eigenvalue weighted by molar-refractivity contribution is -0.132. The van der Waals surface area contributed by atoms with Crippen LogP contribution in [0.1, 0.15) is 12.0 Å². The van der Waals surface area contributed by atoms with E-state index >= 15 is 0 Å². The van der Waals surface area contributed by atoms with Gasteiger partial charge in [0, 0.05) is 25.7 Å². The van der Waals surface area contributed by atoms with E-state index in [0.717, 1.165) is 6.42 Å². The number of amides is 3. The average Bonchev–Trinajstić information content (AvgIpc) is 2.82. The molecule has 0 bridgehead atoms. The van der Waals surface area contributed by atoms with Gasteiger partial charge in [0.2, 0.25) is 5.91 Å². The van der Waals surface area contributed by atoms with Crippen molar-refractivity contribution in [1.82, 2.24) is 15.1 Å². The maximum Gasteiger partial charge on any atom is 0.317 e. The van der Waals surface area contributed by atoms with Crippen LogP contribution in [0.15, 0.2) is 18.2 Å². The lowest BCUT2D eigenvalue weighted by Crippen LogP contribution is -2.52. The van der Waals surface area contributed by atoms with E-state index in [9.17, 15) is 14.0 Å². The van der Waals surface area contributed by atoms with Crippen LogP contribution in [-0.2, 0) is 11.2 Å². The molecule has 2 aliphatic rings. The molecule has 2 atom stereocenters. The zero-order valence-electron chi connectivity index (χ0n) is 13.2. The fraction of sp³-hybridized carbons (Fsp3) is 0.500. The van der Waals surface area contributed by atoms with Gasteiger partial charge in [0.25, 0.3) is 0 Å². The zero-order valence-corrected chi connectivity index (χ0v) is 13.2. The number of likely N-dealkylation sites (N-methyl/N-ethyl adjacent to an activating group) is 1. The van der Waals surface area contributed by atoms with Crippen LogP contribution >= 0.6 is 0 Å². The summed E-state index contributed by atoms with van der Waals surface area (Å²) in [4.78, 5) is 27.6. The molecule has 0 saturated carbocycles. The Morgan fingerprint density at radius 1 is 1.48 bits per heavy atom. The highest BCUT2D eigenvalue weighted by atomic mass is 19.1. The number of carbonyl (C=O) groups is 2. The Morgan fingerprint density at radius 2 is 2.26 bits per heavy atom. The average molecular weight is 321 g/mol. The van der Waals surface area contributed by atoms with E-state index < -0.39 is 5.82 Å². The third-order valence-corrected chi connectivity index (χ3v) is 4.64. The number of hydrogen-bond donors (Lipinski definition) is 1. The number of likely N-dealkylation sites (tertiary alicyclic amines) is 1. The first kappa shape index (κ1) is 15.6. The van der Waals surface area contributed by atoms with Crippen molar-refractivity contribution in [1.29, 1.82) is 0 Å². The molecule has 1 aromatic carbocycles. The van der Waals surface area contributed by atoms with E-state index in [2.05, 4.69) is 5.32 Å². The summed E-state index contributed by atoms with van der Waals surface area (Å²) >= 11 is 0. The van der Waals surface area contributed by atoms with Gasteiger partial charge < -0.3 is 19.9 Å². The molecule has 3 rings (SSSR count). The highest BCUT2D eigenvalue weighted by molar-refractivity contribution is 5.81. The molecule has 7 heteroatoms. The minimum Gasteiger partial charge on any atom is -0.496 e. The molecular formula is C16H20FN3O3. The van der Waals surface area contributed by atoms with Crippen molar-refractivity contribution in [3.8, 4) is 5.75 Å². The van der Waals surface area contributed by atoms with E-state index in [4.69, 9.17) is 4.74 Å². The SMILES string of the molecule is COc1ccc(F)cc1CC(=O)N1CC[C@H]2[C@@H](C1)NC(=O)N2C. The standard InChI is InChI=1S/C16H20FN3O3/c1-19-13-5-6-20(9-12(13)18-16(19)22)15(21)8-10-7-11(17)3-4-14(10)23-2/h3-4,7,12-13H,5-6,8-9H2,1-2H3,(H,18,22)/t12-,13+/m1/s1. The summed E-state index contributed by atoms with van der Waals surface area (Å²) in [6.07, 6.45) is 0.827.